The van der Waals surface area contributed by atoms with Gasteiger partial charge in [0.25, 0.3) is 11.2 Å². The van der Waals surface area contributed by atoms with E-state index in [-0.39, 0.29) is 17.9 Å². The van der Waals surface area contributed by atoms with Gasteiger partial charge in [-0.2, -0.15) is 0 Å². The molecule has 1 aliphatic heterocycles. The molecule has 0 N–H and O–H groups in total. The number of carbonyl (C=O) groups is 1. The molecule has 4 rings (SSSR count). The number of fused-ring (bicyclic) bond motifs is 1. The zero-order valence-electron chi connectivity index (χ0n) is 17.3. The number of allylic oxidation sites excluding steroid dienone is 1. The van der Waals surface area contributed by atoms with Gasteiger partial charge in [0.1, 0.15) is 0 Å². The molecule has 2 aromatic carbocycles. The molecule has 0 spiro atoms. The molecule has 8 nitrogen and oxygen atoms in total. The molecule has 1 aliphatic rings. The normalized spacial score (nSPS) is 15.8. The van der Waals surface area contributed by atoms with Gasteiger partial charge in [-0.15, -0.1) is 0 Å². The minimum absolute atomic E-state index is 0.0256. The van der Waals surface area contributed by atoms with E-state index >= 15 is 0 Å². The molecule has 3 aromatic rings. The Balaban J connectivity index is 1.90. The van der Waals surface area contributed by atoms with Crippen molar-refractivity contribution in [2.45, 2.75) is 19.9 Å². The highest BCUT2D eigenvalue weighted by atomic mass is 32.1. The summed E-state index contributed by atoms with van der Waals surface area (Å²) in [7, 11) is 0. The topological polar surface area (TPSA) is 104 Å². The number of rotatable bonds is 5. The third-order valence-corrected chi connectivity index (χ3v) is 6.02. The zero-order chi connectivity index (χ0) is 22.8. The first kappa shape index (κ1) is 21.4. The van der Waals surface area contributed by atoms with Gasteiger partial charge in [0.2, 0.25) is 0 Å². The standard InChI is InChI=1S/C23H19N3O5S/c1-3-31-22(28)19-14(2)24-23-25(20(19)16-7-5-4-6-8-16)21(27)18(32-23)13-15-9-11-17(12-10-15)26(29)30/h4-13,20H,3H2,1-2H3/b18-13-/t20-/m0/s1. The van der Waals surface area contributed by atoms with Crippen molar-refractivity contribution < 1.29 is 14.5 Å². The van der Waals surface area contributed by atoms with Crippen LogP contribution in [0.15, 0.2) is 75.7 Å². The molecular weight excluding hydrogens is 430 g/mol. The summed E-state index contributed by atoms with van der Waals surface area (Å²) in [4.78, 5) is 41.6. The van der Waals surface area contributed by atoms with Crippen molar-refractivity contribution in [3.63, 3.8) is 0 Å². The number of aromatic nitrogens is 1. The quantitative estimate of drug-likeness (QED) is 0.338. The molecule has 0 radical (unpaired) electrons. The van der Waals surface area contributed by atoms with E-state index in [1.807, 2.05) is 30.3 Å². The average molecular weight is 449 g/mol. The number of esters is 1. The Hall–Kier alpha value is -3.85. The lowest BCUT2D eigenvalue weighted by Crippen LogP contribution is -2.39. The van der Waals surface area contributed by atoms with Crippen LogP contribution in [0.4, 0.5) is 5.69 Å². The van der Waals surface area contributed by atoms with E-state index in [1.54, 1.807) is 32.1 Å². The second kappa shape index (κ2) is 8.72. The molecule has 2 heterocycles. The third kappa shape index (κ3) is 3.90. The summed E-state index contributed by atoms with van der Waals surface area (Å²) in [6.45, 7) is 3.67. The first-order valence-electron chi connectivity index (χ1n) is 9.89. The number of nitro benzene ring substituents is 1. The van der Waals surface area contributed by atoms with Crippen LogP contribution in [0.2, 0.25) is 0 Å². The van der Waals surface area contributed by atoms with Crippen molar-refractivity contribution >= 4 is 29.1 Å². The van der Waals surface area contributed by atoms with Crippen molar-refractivity contribution in [3.8, 4) is 0 Å². The molecule has 0 amide bonds. The summed E-state index contributed by atoms with van der Waals surface area (Å²) in [6.07, 6.45) is 1.67. The molecule has 0 unspecified atom stereocenters. The maximum atomic E-state index is 13.4. The molecule has 0 bridgehead atoms. The fourth-order valence-corrected chi connectivity index (χ4v) is 4.63. The van der Waals surface area contributed by atoms with E-state index in [9.17, 15) is 19.7 Å². The summed E-state index contributed by atoms with van der Waals surface area (Å²) in [5, 5.41) is 10.9. The lowest BCUT2D eigenvalue weighted by molar-refractivity contribution is -0.384. The Bertz CT molecular complexity index is 1400. The molecule has 32 heavy (non-hydrogen) atoms. The van der Waals surface area contributed by atoms with Crippen molar-refractivity contribution in [1.82, 2.24) is 4.57 Å². The number of thiazole rings is 1. The third-order valence-electron chi connectivity index (χ3n) is 5.03. The van der Waals surface area contributed by atoms with Crippen molar-refractivity contribution in [3.05, 3.63) is 107 Å². The zero-order valence-corrected chi connectivity index (χ0v) is 18.2. The molecule has 0 fully saturated rings. The molecule has 0 saturated heterocycles. The van der Waals surface area contributed by atoms with E-state index in [4.69, 9.17) is 4.74 Å². The number of carbonyl (C=O) groups excluding carboxylic acids is 1. The maximum absolute atomic E-state index is 13.4. The van der Waals surface area contributed by atoms with E-state index < -0.39 is 16.9 Å². The summed E-state index contributed by atoms with van der Waals surface area (Å²) in [5.41, 5.74) is 1.93. The molecule has 162 valence electrons. The van der Waals surface area contributed by atoms with E-state index in [1.165, 1.54) is 28.0 Å². The number of hydrogen-bond donors (Lipinski definition) is 0. The first-order valence-corrected chi connectivity index (χ1v) is 10.7. The minimum Gasteiger partial charge on any atom is -0.463 e. The molecule has 1 atom stereocenters. The summed E-state index contributed by atoms with van der Waals surface area (Å²) >= 11 is 1.20. The monoisotopic (exact) mass is 449 g/mol. The van der Waals surface area contributed by atoms with E-state index in [2.05, 4.69) is 4.99 Å². The Morgan fingerprint density at radius 2 is 1.91 bits per heavy atom. The Morgan fingerprint density at radius 3 is 2.53 bits per heavy atom. The number of benzene rings is 2. The summed E-state index contributed by atoms with van der Waals surface area (Å²) < 4.78 is 7.18. The van der Waals surface area contributed by atoms with Gasteiger partial charge in [-0.05, 0) is 43.2 Å². The minimum atomic E-state index is -0.662. The summed E-state index contributed by atoms with van der Waals surface area (Å²) in [6, 6.07) is 14.6. The highest BCUT2D eigenvalue weighted by Crippen LogP contribution is 2.30. The highest BCUT2D eigenvalue weighted by Gasteiger charge is 2.33. The smallest absolute Gasteiger partial charge is 0.338 e. The number of nitrogens with zero attached hydrogens (tertiary/aromatic N) is 3. The van der Waals surface area contributed by atoms with Gasteiger partial charge < -0.3 is 4.74 Å². The lowest BCUT2D eigenvalue weighted by Gasteiger charge is -2.24. The van der Waals surface area contributed by atoms with Crippen LogP contribution in [0.25, 0.3) is 6.08 Å². The van der Waals surface area contributed by atoms with Crippen molar-refractivity contribution in [2.24, 2.45) is 4.99 Å². The highest BCUT2D eigenvalue weighted by molar-refractivity contribution is 7.07. The lowest BCUT2D eigenvalue weighted by atomic mass is 9.96. The van der Waals surface area contributed by atoms with Gasteiger partial charge >= 0.3 is 5.97 Å². The molecular formula is C23H19N3O5S. The van der Waals surface area contributed by atoms with Crippen LogP contribution in [0.3, 0.4) is 0 Å². The predicted octanol–water partition coefficient (Wildman–Crippen LogP) is 2.71. The van der Waals surface area contributed by atoms with E-state index in [0.717, 1.165) is 5.56 Å². The van der Waals surface area contributed by atoms with Crippen LogP contribution in [0, 0.1) is 10.1 Å². The first-order chi connectivity index (χ1) is 15.4. The average Bonchev–Trinajstić information content (AvgIpc) is 3.08. The van der Waals surface area contributed by atoms with Gasteiger partial charge in [0, 0.05) is 12.1 Å². The van der Waals surface area contributed by atoms with Crippen LogP contribution >= 0.6 is 11.3 Å². The van der Waals surface area contributed by atoms with Crippen molar-refractivity contribution in [1.29, 1.82) is 0 Å². The van der Waals surface area contributed by atoms with Crippen LogP contribution < -0.4 is 14.9 Å². The van der Waals surface area contributed by atoms with Gasteiger partial charge in [0.05, 0.1) is 33.4 Å². The number of nitro groups is 1. The van der Waals surface area contributed by atoms with Crippen LogP contribution in [0.1, 0.15) is 31.0 Å². The molecule has 9 heteroatoms. The number of ether oxygens (including phenoxy) is 1. The number of non-ortho nitro benzene ring substituents is 1. The second-order valence-electron chi connectivity index (χ2n) is 7.06. The van der Waals surface area contributed by atoms with Gasteiger partial charge in [-0.25, -0.2) is 9.79 Å². The Kier molecular flexibility index (Phi) is 5.83. The maximum Gasteiger partial charge on any atom is 0.338 e. The second-order valence-corrected chi connectivity index (χ2v) is 8.07. The molecule has 0 aliphatic carbocycles. The molecule has 1 aromatic heterocycles. The Labute approximate surface area is 186 Å². The fourth-order valence-electron chi connectivity index (χ4n) is 3.59. The van der Waals surface area contributed by atoms with Crippen LogP contribution in [-0.2, 0) is 9.53 Å². The SMILES string of the molecule is CCOC(=O)C1=C(C)N=c2s/c(=C\c3ccc([N+](=O)[O-])cc3)c(=O)n2[C@H]1c1ccccc1. The largest absolute Gasteiger partial charge is 0.463 e. The van der Waals surface area contributed by atoms with Gasteiger partial charge in [-0.1, -0.05) is 41.7 Å². The Morgan fingerprint density at radius 1 is 1.22 bits per heavy atom. The van der Waals surface area contributed by atoms with Gasteiger partial charge in [0.15, 0.2) is 4.80 Å². The van der Waals surface area contributed by atoms with E-state index in [0.29, 0.717) is 26.2 Å². The predicted molar refractivity (Wildman–Crippen MR) is 120 cm³/mol. The van der Waals surface area contributed by atoms with Crippen LogP contribution in [0.5, 0.6) is 0 Å². The summed E-state index contributed by atoms with van der Waals surface area (Å²) in [5.74, 6) is -0.507. The van der Waals surface area contributed by atoms with Crippen LogP contribution in [-0.4, -0.2) is 22.1 Å². The number of hydrogen-bond acceptors (Lipinski definition) is 7. The van der Waals surface area contributed by atoms with Gasteiger partial charge in [-0.3, -0.25) is 19.5 Å². The molecule has 0 saturated carbocycles. The van der Waals surface area contributed by atoms with Crippen molar-refractivity contribution in [2.75, 3.05) is 6.61 Å². The fraction of sp³-hybridized carbons (Fsp3) is 0.174.